The molecule has 3 atom stereocenters. The number of para-hydroxylation sites is 1. The van der Waals surface area contributed by atoms with Gasteiger partial charge in [0.05, 0.1) is 6.54 Å². The maximum atomic E-state index is 12.0. The molecule has 1 aromatic heterocycles. The van der Waals surface area contributed by atoms with Crippen LogP contribution in [-0.2, 0) is 30.3 Å². The van der Waals surface area contributed by atoms with Crippen molar-refractivity contribution < 1.29 is 34.1 Å². The van der Waals surface area contributed by atoms with Gasteiger partial charge in [-0.1, -0.05) is 18.2 Å². The molecule has 0 saturated heterocycles. The minimum absolute atomic E-state index is 0.134. The number of carbonyl (C=O) groups excluding carboxylic acids is 2. The van der Waals surface area contributed by atoms with Crippen LogP contribution in [-0.4, -0.2) is 63.7 Å². The van der Waals surface area contributed by atoms with Crippen LogP contribution in [0.2, 0.25) is 0 Å². The maximum absolute atomic E-state index is 12.0. The second kappa shape index (κ2) is 9.78. The molecule has 156 valence electrons. The Balaban J connectivity index is 1.86. The number of rotatable bonds is 10. The fraction of sp³-hybridized carbons (Fsp3) is 0.333. The first-order valence-electron chi connectivity index (χ1n) is 8.68. The second-order valence-electron chi connectivity index (χ2n) is 6.42. The van der Waals surface area contributed by atoms with E-state index < -0.39 is 55.0 Å². The molecule has 11 nitrogen and oxygen atoms in total. The third kappa shape index (κ3) is 6.10. The lowest BCUT2D eigenvalue weighted by Gasteiger charge is -2.16. The van der Waals surface area contributed by atoms with Crippen molar-refractivity contribution in [3.8, 4) is 0 Å². The summed E-state index contributed by atoms with van der Waals surface area (Å²) in [6, 6.07) is 3.50. The van der Waals surface area contributed by atoms with Crippen molar-refractivity contribution in [2.24, 2.45) is 11.5 Å². The Morgan fingerprint density at radius 1 is 1.07 bits per heavy atom. The molecule has 0 aliphatic rings. The van der Waals surface area contributed by atoms with Gasteiger partial charge >= 0.3 is 23.9 Å². The summed E-state index contributed by atoms with van der Waals surface area (Å²) in [7, 11) is 0. The molecule has 11 heteroatoms. The fourth-order valence-electron chi connectivity index (χ4n) is 2.68. The molecule has 0 fully saturated rings. The van der Waals surface area contributed by atoms with E-state index in [0.717, 1.165) is 16.5 Å². The van der Waals surface area contributed by atoms with Gasteiger partial charge in [-0.3, -0.25) is 19.7 Å². The van der Waals surface area contributed by atoms with E-state index in [-0.39, 0.29) is 6.42 Å². The SMILES string of the molecule is N[C@@H](CC(NCC(=O)OC(=O)[C@@H](N)Cc1c[nH]c2ccccc12)C(=O)O)C(=O)O. The van der Waals surface area contributed by atoms with Crippen molar-refractivity contribution in [1.29, 1.82) is 0 Å². The van der Waals surface area contributed by atoms with Crippen molar-refractivity contribution in [2.75, 3.05) is 6.54 Å². The van der Waals surface area contributed by atoms with Gasteiger partial charge in [0.25, 0.3) is 0 Å². The zero-order chi connectivity index (χ0) is 21.6. The molecule has 2 aromatic rings. The number of esters is 2. The van der Waals surface area contributed by atoms with Gasteiger partial charge in [-0.05, 0) is 18.1 Å². The Morgan fingerprint density at radius 2 is 1.76 bits per heavy atom. The average molecular weight is 406 g/mol. The number of H-pyrrole nitrogens is 1. The van der Waals surface area contributed by atoms with E-state index in [1.54, 1.807) is 6.20 Å². The number of nitrogens with two attached hydrogens (primary N) is 2. The summed E-state index contributed by atoms with van der Waals surface area (Å²) in [5, 5.41) is 21.0. The summed E-state index contributed by atoms with van der Waals surface area (Å²) in [5.41, 5.74) is 12.8. The van der Waals surface area contributed by atoms with Crippen LogP contribution in [0, 0.1) is 0 Å². The normalized spacial score (nSPS) is 14.1. The van der Waals surface area contributed by atoms with E-state index in [9.17, 15) is 19.2 Å². The zero-order valence-electron chi connectivity index (χ0n) is 15.3. The average Bonchev–Trinajstić information content (AvgIpc) is 3.07. The standard InChI is InChI=1S/C18H22N4O7/c19-11(16(24)25)6-14(17(26)27)22-8-15(23)29-18(28)12(20)5-9-7-21-13-4-2-1-3-10(9)13/h1-4,7,11-12,14,21-22H,5-6,8,19-20H2,(H,24,25)(H,26,27)/t11-,12-,14?/m0/s1. The molecular weight excluding hydrogens is 384 g/mol. The van der Waals surface area contributed by atoms with Crippen molar-refractivity contribution in [3.05, 3.63) is 36.0 Å². The summed E-state index contributed by atoms with van der Waals surface area (Å²) < 4.78 is 4.64. The third-order valence-corrected chi connectivity index (χ3v) is 4.23. The number of fused-ring (bicyclic) bond motifs is 1. The first kappa shape index (κ1) is 22.0. The van der Waals surface area contributed by atoms with Crippen molar-refractivity contribution in [2.45, 2.75) is 31.0 Å². The highest BCUT2D eigenvalue weighted by atomic mass is 16.6. The zero-order valence-corrected chi connectivity index (χ0v) is 15.3. The summed E-state index contributed by atoms with van der Waals surface area (Å²) in [4.78, 5) is 48.8. The number of hydrogen-bond donors (Lipinski definition) is 6. The highest BCUT2D eigenvalue weighted by Crippen LogP contribution is 2.18. The van der Waals surface area contributed by atoms with E-state index in [1.807, 2.05) is 24.3 Å². The van der Waals surface area contributed by atoms with Gasteiger partial charge in [-0.2, -0.15) is 0 Å². The molecule has 0 aliphatic carbocycles. The van der Waals surface area contributed by atoms with E-state index >= 15 is 0 Å². The third-order valence-electron chi connectivity index (χ3n) is 4.23. The Bertz CT molecular complexity index is 911. The molecule has 1 aromatic carbocycles. The summed E-state index contributed by atoms with van der Waals surface area (Å²) in [5.74, 6) is -4.77. The number of aromatic nitrogens is 1. The maximum Gasteiger partial charge on any atom is 0.330 e. The summed E-state index contributed by atoms with van der Waals surface area (Å²) >= 11 is 0. The minimum Gasteiger partial charge on any atom is -0.480 e. The van der Waals surface area contributed by atoms with E-state index in [0.29, 0.717) is 0 Å². The molecule has 1 unspecified atom stereocenters. The first-order chi connectivity index (χ1) is 13.7. The predicted molar refractivity (Wildman–Crippen MR) is 101 cm³/mol. The number of nitrogens with one attached hydrogen (secondary N) is 2. The van der Waals surface area contributed by atoms with Crippen molar-refractivity contribution in [1.82, 2.24) is 10.3 Å². The molecule has 1 heterocycles. The summed E-state index contributed by atoms with van der Waals surface area (Å²) in [6.45, 7) is -0.630. The van der Waals surface area contributed by atoms with Gasteiger partial charge in [0.2, 0.25) is 0 Å². The number of aliphatic carboxylic acids is 2. The Morgan fingerprint density at radius 3 is 2.41 bits per heavy atom. The van der Waals surface area contributed by atoms with Gasteiger partial charge in [0, 0.05) is 23.5 Å². The lowest BCUT2D eigenvalue weighted by molar-refractivity contribution is -0.160. The molecular formula is C18H22N4O7. The number of carboxylic acid groups (broad SMARTS) is 2. The predicted octanol–water partition coefficient (Wildman–Crippen LogP) is -1.05. The van der Waals surface area contributed by atoms with Crippen LogP contribution >= 0.6 is 0 Å². The lowest BCUT2D eigenvalue weighted by Crippen LogP contribution is -2.46. The Labute approximate surface area is 165 Å². The van der Waals surface area contributed by atoms with Gasteiger partial charge in [0.1, 0.15) is 18.1 Å². The molecule has 0 radical (unpaired) electrons. The summed E-state index contributed by atoms with van der Waals surface area (Å²) in [6.07, 6.45) is 1.39. The quantitative estimate of drug-likeness (QED) is 0.209. The molecule has 2 rings (SSSR count). The first-order valence-corrected chi connectivity index (χ1v) is 8.68. The van der Waals surface area contributed by atoms with Crippen LogP contribution in [0.15, 0.2) is 30.5 Å². The fourth-order valence-corrected chi connectivity index (χ4v) is 2.68. The number of ether oxygens (including phenoxy) is 1. The largest absolute Gasteiger partial charge is 0.480 e. The topological polar surface area (TPSA) is 198 Å². The number of carboxylic acids is 2. The minimum atomic E-state index is -1.43. The second-order valence-corrected chi connectivity index (χ2v) is 6.42. The van der Waals surface area contributed by atoms with Crippen LogP contribution in [0.3, 0.4) is 0 Å². The molecule has 0 amide bonds. The molecule has 0 spiro atoms. The molecule has 29 heavy (non-hydrogen) atoms. The number of benzene rings is 1. The van der Waals surface area contributed by atoms with Crippen LogP contribution in [0.5, 0.6) is 0 Å². The van der Waals surface area contributed by atoms with Gasteiger partial charge < -0.3 is 31.4 Å². The highest BCUT2D eigenvalue weighted by Gasteiger charge is 2.26. The lowest BCUT2D eigenvalue weighted by atomic mass is 10.1. The number of aromatic amines is 1. The monoisotopic (exact) mass is 406 g/mol. The van der Waals surface area contributed by atoms with Gasteiger partial charge in [0.15, 0.2) is 0 Å². The van der Waals surface area contributed by atoms with Crippen molar-refractivity contribution in [3.63, 3.8) is 0 Å². The van der Waals surface area contributed by atoms with Crippen molar-refractivity contribution >= 4 is 34.8 Å². The van der Waals surface area contributed by atoms with Gasteiger partial charge in [-0.15, -0.1) is 0 Å². The molecule has 0 aliphatic heterocycles. The Hall–Kier alpha value is -3.28. The van der Waals surface area contributed by atoms with E-state index in [2.05, 4.69) is 15.0 Å². The molecule has 8 N–H and O–H groups in total. The van der Waals surface area contributed by atoms with E-state index in [4.69, 9.17) is 21.7 Å². The van der Waals surface area contributed by atoms with Crippen LogP contribution in [0.4, 0.5) is 0 Å². The molecule has 0 saturated carbocycles. The van der Waals surface area contributed by atoms with Crippen LogP contribution < -0.4 is 16.8 Å². The van der Waals surface area contributed by atoms with Gasteiger partial charge in [-0.25, -0.2) is 4.79 Å². The number of hydrogen-bond acceptors (Lipinski definition) is 8. The highest BCUT2D eigenvalue weighted by molar-refractivity contribution is 5.90. The Kier molecular flexibility index (Phi) is 7.42. The van der Waals surface area contributed by atoms with E-state index in [1.165, 1.54) is 0 Å². The molecule has 0 bridgehead atoms. The number of carbonyl (C=O) groups is 4. The van der Waals surface area contributed by atoms with Crippen LogP contribution in [0.25, 0.3) is 10.9 Å². The smallest absolute Gasteiger partial charge is 0.330 e. The van der Waals surface area contributed by atoms with Crippen LogP contribution in [0.1, 0.15) is 12.0 Å².